The predicted octanol–water partition coefficient (Wildman–Crippen LogP) is 2.51. The first-order chi connectivity index (χ1) is 9.65. The fourth-order valence-corrected chi connectivity index (χ4v) is 2.30. The Balaban J connectivity index is 2.13. The van der Waals surface area contributed by atoms with E-state index in [0.717, 1.165) is 24.9 Å². The van der Waals surface area contributed by atoms with Gasteiger partial charge in [-0.2, -0.15) is 5.26 Å². The second-order valence-corrected chi connectivity index (χ2v) is 4.97. The summed E-state index contributed by atoms with van der Waals surface area (Å²) in [4.78, 5) is 12.9. The number of nitrogens with one attached hydrogen (secondary N) is 1. The van der Waals surface area contributed by atoms with E-state index >= 15 is 0 Å². The van der Waals surface area contributed by atoms with E-state index < -0.39 is 0 Å². The van der Waals surface area contributed by atoms with E-state index in [-0.39, 0.29) is 10.6 Å². The molecule has 1 aromatic carbocycles. The average molecular weight is 274 g/mol. The number of hydrogen-bond donors (Lipinski definition) is 1. The molecule has 0 atom stereocenters. The van der Waals surface area contributed by atoms with Crippen molar-refractivity contribution in [2.45, 2.75) is 31.8 Å². The van der Waals surface area contributed by atoms with Crippen molar-refractivity contribution in [3.8, 4) is 6.07 Å². The van der Waals surface area contributed by atoms with E-state index in [4.69, 9.17) is 5.26 Å². The first-order valence-corrected chi connectivity index (χ1v) is 6.71. The third kappa shape index (κ3) is 3.45. The third-order valence-corrected chi connectivity index (χ3v) is 3.49. The number of anilines is 1. The summed E-state index contributed by atoms with van der Waals surface area (Å²) in [6, 6.07) is 7.95. The normalized spacial score (nSPS) is 14.1. The molecule has 0 aromatic heterocycles. The number of nitro groups is 1. The zero-order valence-electron chi connectivity index (χ0n) is 11.5. The fraction of sp³-hybridized carbons (Fsp3) is 0.500. The van der Waals surface area contributed by atoms with E-state index in [1.165, 1.54) is 0 Å². The summed E-state index contributed by atoms with van der Waals surface area (Å²) in [5.41, 5.74) is 1.54. The second-order valence-electron chi connectivity index (χ2n) is 4.97. The lowest BCUT2D eigenvalue weighted by atomic mass is 10.1. The van der Waals surface area contributed by atoms with E-state index in [9.17, 15) is 10.1 Å². The molecule has 1 fully saturated rings. The van der Waals surface area contributed by atoms with Crippen LogP contribution < -0.4 is 5.32 Å². The number of nitro benzene ring substituents is 1. The standard InChI is InChI=1S/C14H18N4O2/c1-16-13-6-3-11(9-14(13)18(19)20)10-17(8-2-7-15)12-4-5-12/h3,6,9,12,16H,2,4-5,8,10H2,1H3. The number of rotatable bonds is 7. The second kappa shape index (κ2) is 6.35. The molecule has 0 spiro atoms. The van der Waals surface area contributed by atoms with Gasteiger partial charge in [0, 0.05) is 38.7 Å². The molecule has 0 bridgehead atoms. The van der Waals surface area contributed by atoms with Gasteiger partial charge in [-0.15, -0.1) is 0 Å². The number of nitriles is 1. The van der Waals surface area contributed by atoms with Gasteiger partial charge < -0.3 is 5.32 Å². The van der Waals surface area contributed by atoms with Crippen LogP contribution >= 0.6 is 0 Å². The van der Waals surface area contributed by atoms with Crippen LogP contribution in [0, 0.1) is 21.4 Å². The molecule has 2 rings (SSSR count). The lowest BCUT2D eigenvalue weighted by Gasteiger charge is -2.20. The molecule has 0 unspecified atom stereocenters. The van der Waals surface area contributed by atoms with Gasteiger partial charge in [0.15, 0.2) is 0 Å². The van der Waals surface area contributed by atoms with Crippen molar-refractivity contribution in [3.63, 3.8) is 0 Å². The molecule has 1 N–H and O–H groups in total. The minimum atomic E-state index is -0.369. The summed E-state index contributed by atoms with van der Waals surface area (Å²) in [6.07, 6.45) is 2.80. The zero-order chi connectivity index (χ0) is 14.5. The molecule has 0 heterocycles. The molecular weight excluding hydrogens is 256 g/mol. The summed E-state index contributed by atoms with van der Waals surface area (Å²) >= 11 is 0. The van der Waals surface area contributed by atoms with Crippen molar-refractivity contribution in [2.75, 3.05) is 18.9 Å². The first-order valence-electron chi connectivity index (χ1n) is 6.71. The summed E-state index contributed by atoms with van der Waals surface area (Å²) in [5.74, 6) is 0. The van der Waals surface area contributed by atoms with E-state index in [0.29, 0.717) is 24.7 Å². The Kier molecular flexibility index (Phi) is 4.53. The van der Waals surface area contributed by atoms with Gasteiger partial charge in [-0.1, -0.05) is 6.07 Å². The van der Waals surface area contributed by atoms with Crippen molar-refractivity contribution >= 4 is 11.4 Å². The summed E-state index contributed by atoms with van der Waals surface area (Å²) in [7, 11) is 1.67. The van der Waals surface area contributed by atoms with Crippen LogP contribution in [0.25, 0.3) is 0 Å². The highest BCUT2D eigenvalue weighted by Crippen LogP contribution is 2.30. The Morgan fingerprint density at radius 1 is 1.55 bits per heavy atom. The van der Waals surface area contributed by atoms with Crippen LogP contribution in [-0.4, -0.2) is 29.5 Å². The van der Waals surface area contributed by atoms with Crippen LogP contribution in [-0.2, 0) is 6.54 Å². The van der Waals surface area contributed by atoms with Gasteiger partial charge in [-0.3, -0.25) is 15.0 Å². The summed E-state index contributed by atoms with van der Waals surface area (Å²) < 4.78 is 0. The monoisotopic (exact) mass is 274 g/mol. The van der Waals surface area contributed by atoms with Crippen LogP contribution in [0.4, 0.5) is 11.4 Å². The minimum absolute atomic E-state index is 0.0982. The number of benzene rings is 1. The highest BCUT2D eigenvalue weighted by atomic mass is 16.6. The molecule has 0 aliphatic heterocycles. The van der Waals surface area contributed by atoms with Crippen LogP contribution in [0.15, 0.2) is 18.2 Å². The first kappa shape index (κ1) is 14.3. The number of hydrogen-bond acceptors (Lipinski definition) is 5. The van der Waals surface area contributed by atoms with Gasteiger partial charge in [0.25, 0.3) is 5.69 Å². The Hall–Kier alpha value is -2.13. The largest absolute Gasteiger partial charge is 0.383 e. The van der Waals surface area contributed by atoms with Crippen molar-refractivity contribution in [1.82, 2.24) is 4.90 Å². The quantitative estimate of drug-likeness (QED) is 0.610. The average Bonchev–Trinajstić information content (AvgIpc) is 3.27. The Bertz CT molecular complexity index is 534. The minimum Gasteiger partial charge on any atom is -0.383 e. The van der Waals surface area contributed by atoms with E-state index in [1.54, 1.807) is 19.2 Å². The highest BCUT2D eigenvalue weighted by Gasteiger charge is 2.28. The van der Waals surface area contributed by atoms with Gasteiger partial charge in [-0.05, 0) is 24.5 Å². The van der Waals surface area contributed by atoms with Gasteiger partial charge in [0.05, 0.1) is 11.0 Å². The van der Waals surface area contributed by atoms with Gasteiger partial charge in [-0.25, -0.2) is 0 Å². The molecule has 1 aliphatic rings. The Morgan fingerprint density at radius 3 is 2.85 bits per heavy atom. The van der Waals surface area contributed by atoms with Crippen LogP contribution in [0.3, 0.4) is 0 Å². The molecule has 0 amide bonds. The SMILES string of the molecule is CNc1ccc(CN(CCC#N)C2CC2)cc1[N+](=O)[O-]. The zero-order valence-corrected chi connectivity index (χ0v) is 11.5. The van der Waals surface area contributed by atoms with Crippen molar-refractivity contribution < 1.29 is 4.92 Å². The molecule has 0 saturated heterocycles. The molecular formula is C14H18N4O2. The van der Waals surface area contributed by atoms with E-state index in [2.05, 4.69) is 16.3 Å². The number of nitrogens with zero attached hydrogens (tertiary/aromatic N) is 3. The molecule has 1 aliphatic carbocycles. The summed E-state index contributed by atoms with van der Waals surface area (Å²) in [6.45, 7) is 1.39. The molecule has 20 heavy (non-hydrogen) atoms. The highest BCUT2D eigenvalue weighted by molar-refractivity contribution is 5.62. The third-order valence-electron chi connectivity index (χ3n) is 3.49. The maximum Gasteiger partial charge on any atom is 0.292 e. The topological polar surface area (TPSA) is 82.2 Å². The Morgan fingerprint density at radius 2 is 2.30 bits per heavy atom. The van der Waals surface area contributed by atoms with Gasteiger partial charge in [0.2, 0.25) is 0 Å². The molecule has 6 nitrogen and oxygen atoms in total. The smallest absolute Gasteiger partial charge is 0.292 e. The Labute approximate surface area is 118 Å². The predicted molar refractivity (Wildman–Crippen MR) is 76.3 cm³/mol. The molecule has 0 radical (unpaired) electrons. The fourth-order valence-electron chi connectivity index (χ4n) is 2.30. The maximum absolute atomic E-state index is 11.0. The van der Waals surface area contributed by atoms with Crippen molar-refractivity contribution in [3.05, 3.63) is 33.9 Å². The van der Waals surface area contributed by atoms with Crippen molar-refractivity contribution in [2.24, 2.45) is 0 Å². The maximum atomic E-state index is 11.0. The van der Waals surface area contributed by atoms with Crippen LogP contribution in [0.5, 0.6) is 0 Å². The van der Waals surface area contributed by atoms with E-state index in [1.807, 2.05) is 6.07 Å². The molecule has 1 aromatic rings. The van der Waals surface area contributed by atoms with Gasteiger partial charge >= 0.3 is 0 Å². The summed E-state index contributed by atoms with van der Waals surface area (Å²) in [5, 5.41) is 22.6. The molecule has 6 heteroatoms. The van der Waals surface area contributed by atoms with Gasteiger partial charge in [0.1, 0.15) is 5.69 Å². The van der Waals surface area contributed by atoms with Crippen LogP contribution in [0.1, 0.15) is 24.8 Å². The molecule has 106 valence electrons. The lowest BCUT2D eigenvalue weighted by Crippen LogP contribution is -2.26. The lowest BCUT2D eigenvalue weighted by molar-refractivity contribution is -0.384. The molecule has 1 saturated carbocycles. The van der Waals surface area contributed by atoms with Crippen LogP contribution in [0.2, 0.25) is 0 Å². The van der Waals surface area contributed by atoms with Crippen molar-refractivity contribution in [1.29, 1.82) is 5.26 Å².